The lowest BCUT2D eigenvalue weighted by molar-refractivity contribution is -0.143. The van der Waals surface area contributed by atoms with E-state index in [2.05, 4.69) is 12.2 Å². The first-order valence-electron chi connectivity index (χ1n) is 7.44. The van der Waals surface area contributed by atoms with E-state index in [-0.39, 0.29) is 5.92 Å². The van der Waals surface area contributed by atoms with E-state index in [0.717, 1.165) is 38.1 Å². The predicted molar refractivity (Wildman–Crippen MR) is 78.5 cm³/mol. The lowest BCUT2D eigenvalue weighted by Gasteiger charge is -2.41. The summed E-state index contributed by atoms with van der Waals surface area (Å²) in [6.45, 7) is 2.41. The van der Waals surface area contributed by atoms with Gasteiger partial charge in [0.15, 0.2) is 0 Å². The molecule has 1 atom stereocenters. The van der Waals surface area contributed by atoms with E-state index in [4.69, 9.17) is 4.74 Å². The molecule has 0 spiro atoms. The lowest BCUT2D eigenvalue weighted by atomic mass is 9.90. The van der Waals surface area contributed by atoms with Gasteiger partial charge in [0, 0.05) is 24.9 Å². The second-order valence-electron chi connectivity index (χ2n) is 5.71. The molecule has 0 N–H and O–H groups in total. The Morgan fingerprint density at radius 1 is 1.20 bits per heavy atom. The highest BCUT2D eigenvalue weighted by molar-refractivity contribution is 5.80. The molecule has 3 heteroatoms. The third-order valence-corrected chi connectivity index (χ3v) is 4.12. The van der Waals surface area contributed by atoms with Gasteiger partial charge in [-0.3, -0.25) is 4.79 Å². The molecule has 1 unspecified atom stereocenters. The number of benzene rings is 1. The van der Waals surface area contributed by atoms with Crippen LogP contribution in [0.5, 0.6) is 5.75 Å². The van der Waals surface area contributed by atoms with Crippen LogP contribution in [0.4, 0.5) is 0 Å². The molecule has 0 saturated carbocycles. The Balaban J connectivity index is 1.40. The standard InChI is InChI=1S/C17H21NO2/c19-17(15-7-3-1-4-8-15)18-11-14(12-18)13-20-16-9-5-2-6-10-16/h1-3,5-6,9-10,14-15H,4,7-8,11-13H2. The summed E-state index contributed by atoms with van der Waals surface area (Å²) in [6, 6.07) is 9.87. The van der Waals surface area contributed by atoms with Crippen molar-refractivity contribution < 1.29 is 9.53 Å². The van der Waals surface area contributed by atoms with Crippen molar-refractivity contribution in [2.75, 3.05) is 19.7 Å². The molecule has 3 rings (SSSR count). The minimum absolute atomic E-state index is 0.219. The van der Waals surface area contributed by atoms with Crippen molar-refractivity contribution in [2.24, 2.45) is 11.8 Å². The van der Waals surface area contributed by atoms with Gasteiger partial charge in [0.05, 0.1) is 6.61 Å². The van der Waals surface area contributed by atoms with Crippen molar-refractivity contribution in [3.63, 3.8) is 0 Å². The zero-order valence-corrected chi connectivity index (χ0v) is 11.7. The number of rotatable bonds is 4. The Hall–Kier alpha value is -1.77. The van der Waals surface area contributed by atoms with Crippen LogP contribution in [-0.4, -0.2) is 30.5 Å². The van der Waals surface area contributed by atoms with Crippen LogP contribution >= 0.6 is 0 Å². The van der Waals surface area contributed by atoms with E-state index < -0.39 is 0 Å². The van der Waals surface area contributed by atoms with Gasteiger partial charge in [-0.2, -0.15) is 0 Å². The summed E-state index contributed by atoms with van der Waals surface area (Å²) < 4.78 is 5.73. The molecule has 1 heterocycles. The molecule has 1 fully saturated rings. The molecule has 106 valence electrons. The molecule has 2 aliphatic rings. The van der Waals surface area contributed by atoms with E-state index in [9.17, 15) is 4.79 Å². The van der Waals surface area contributed by atoms with E-state index >= 15 is 0 Å². The second-order valence-corrected chi connectivity index (χ2v) is 5.71. The summed E-state index contributed by atoms with van der Waals surface area (Å²) in [4.78, 5) is 14.2. The maximum atomic E-state index is 12.3. The Morgan fingerprint density at radius 3 is 2.70 bits per heavy atom. The topological polar surface area (TPSA) is 29.5 Å². The van der Waals surface area contributed by atoms with Gasteiger partial charge in [-0.15, -0.1) is 0 Å². The number of para-hydroxylation sites is 1. The maximum Gasteiger partial charge on any atom is 0.226 e. The van der Waals surface area contributed by atoms with E-state index in [1.807, 2.05) is 35.2 Å². The van der Waals surface area contributed by atoms with Crippen LogP contribution < -0.4 is 4.74 Å². The van der Waals surface area contributed by atoms with Crippen LogP contribution in [0.3, 0.4) is 0 Å². The SMILES string of the molecule is O=C(C1CC=CCC1)N1CC(COc2ccccc2)C1. The number of likely N-dealkylation sites (tertiary alicyclic amines) is 1. The number of carbonyl (C=O) groups is 1. The maximum absolute atomic E-state index is 12.3. The third kappa shape index (κ3) is 3.03. The Morgan fingerprint density at radius 2 is 2.00 bits per heavy atom. The molecule has 20 heavy (non-hydrogen) atoms. The summed E-state index contributed by atoms with van der Waals surface area (Å²) in [7, 11) is 0. The van der Waals surface area contributed by atoms with Crippen LogP contribution in [0.15, 0.2) is 42.5 Å². The Bertz CT molecular complexity index is 477. The highest BCUT2D eigenvalue weighted by Crippen LogP contribution is 2.25. The summed E-state index contributed by atoms with van der Waals surface area (Å²) in [5.41, 5.74) is 0. The summed E-state index contributed by atoms with van der Waals surface area (Å²) in [6.07, 6.45) is 7.29. The molecule has 0 bridgehead atoms. The molecule has 1 aliphatic heterocycles. The predicted octanol–water partition coefficient (Wildman–Crippen LogP) is 2.88. The molecule has 1 aromatic rings. The fraction of sp³-hybridized carbons (Fsp3) is 0.471. The zero-order chi connectivity index (χ0) is 13.8. The van der Waals surface area contributed by atoms with Crippen LogP contribution in [0, 0.1) is 11.8 Å². The molecule has 0 radical (unpaired) electrons. The molecular weight excluding hydrogens is 250 g/mol. The number of nitrogens with zero attached hydrogens (tertiary/aromatic N) is 1. The monoisotopic (exact) mass is 271 g/mol. The van der Waals surface area contributed by atoms with Crippen LogP contribution in [-0.2, 0) is 4.79 Å². The quantitative estimate of drug-likeness (QED) is 0.788. The number of allylic oxidation sites excluding steroid dienone is 2. The van der Waals surface area contributed by atoms with Crippen molar-refractivity contribution in [1.82, 2.24) is 4.90 Å². The highest BCUT2D eigenvalue weighted by Gasteiger charge is 2.34. The van der Waals surface area contributed by atoms with Crippen LogP contribution in [0.2, 0.25) is 0 Å². The highest BCUT2D eigenvalue weighted by atomic mass is 16.5. The molecule has 0 aromatic heterocycles. The van der Waals surface area contributed by atoms with Crippen molar-refractivity contribution >= 4 is 5.91 Å². The van der Waals surface area contributed by atoms with Gasteiger partial charge in [-0.25, -0.2) is 0 Å². The number of hydrogen-bond donors (Lipinski definition) is 0. The van der Waals surface area contributed by atoms with Crippen molar-refractivity contribution in [2.45, 2.75) is 19.3 Å². The van der Waals surface area contributed by atoms with Gasteiger partial charge in [0.25, 0.3) is 0 Å². The summed E-state index contributed by atoms with van der Waals surface area (Å²) in [5.74, 6) is 1.95. The fourth-order valence-corrected chi connectivity index (χ4v) is 2.86. The molecule has 1 aliphatic carbocycles. The number of ether oxygens (including phenoxy) is 1. The first kappa shape index (κ1) is 13.2. The van der Waals surface area contributed by atoms with Crippen molar-refractivity contribution in [1.29, 1.82) is 0 Å². The number of hydrogen-bond acceptors (Lipinski definition) is 2. The molecule has 1 amide bonds. The van der Waals surface area contributed by atoms with Crippen molar-refractivity contribution in [3.8, 4) is 5.75 Å². The van der Waals surface area contributed by atoms with Gasteiger partial charge in [0.1, 0.15) is 5.75 Å². The Labute approximate surface area is 120 Å². The van der Waals surface area contributed by atoms with E-state index in [1.165, 1.54) is 0 Å². The molecule has 1 saturated heterocycles. The van der Waals surface area contributed by atoms with Gasteiger partial charge in [-0.05, 0) is 31.4 Å². The first-order chi connectivity index (χ1) is 9.83. The largest absolute Gasteiger partial charge is 0.493 e. The zero-order valence-electron chi connectivity index (χ0n) is 11.7. The van der Waals surface area contributed by atoms with Crippen molar-refractivity contribution in [3.05, 3.63) is 42.5 Å². The number of amides is 1. The minimum Gasteiger partial charge on any atom is -0.493 e. The molecular formula is C17H21NO2. The third-order valence-electron chi connectivity index (χ3n) is 4.12. The lowest BCUT2D eigenvalue weighted by Crippen LogP contribution is -2.53. The average molecular weight is 271 g/mol. The van der Waals surface area contributed by atoms with Gasteiger partial charge < -0.3 is 9.64 Å². The fourth-order valence-electron chi connectivity index (χ4n) is 2.86. The molecule has 3 nitrogen and oxygen atoms in total. The number of carbonyl (C=O) groups excluding carboxylic acids is 1. The van der Waals surface area contributed by atoms with Gasteiger partial charge >= 0.3 is 0 Å². The normalized spacial score (nSPS) is 22.4. The molecule has 1 aromatic carbocycles. The smallest absolute Gasteiger partial charge is 0.226 e. The van der Waals surface area contributed by atoms with E-state index in [0.29, 0.717) is 18.4 Å². The van der Waals surface area contributed by atoms with Crippen LogP contribution in [0.1, 0.15) is 19.3 Å². The Kier molecular flexibility index (Phi) is 4.05. The minimum atomic E-state index is 0.219. The second kappa shape index (κ2) is 6.12. The first-order valence-corrected chi connectivity index (χ1v) is 7.44. The summed E-state index contributed by atoms with van der Waals surface area (Å²) in [5, 5.41) is 0. The van der Waals surface area contributed by atoms with E-state index in [1.54, 1.807) is 0 Å². The van der Waals surface area contributed by atoms with Gasteiger partial charge in [-0.1, -0.05) is 30.4 Å². The van der Waals surface area contributed by atoms with Crippen LogP contribution in [0.25, 0.3) is 0 Å². The van der Waals surface area contributed by atoms with Gasteiger partial charge in [0.2, 0.25) is 5.91 Å². The average Bonchev–Trinajstić information content (AvgIpc) is 2.47. The summed E-state index contributed by atoms with van der Waals surface area (Å²) >= 11 is 0.